The number of amides is 1. The molecule has 3 atom stereocenters. The molecular weight excluding hydrogens is 426 g/mol. The lowest BCUT2D eigenvalue weighted by Crippen LogP contribution is -2.38. The number of hydrogen-bond donors (Lipinski definition) is 2. The van der Waals surface area contributed by atoms with Gasteiger partial charge in [0.2, 0.25) is 5.95 Å². The van der Waals surface area contributed by atoms with Crippen LogP contribution in [0, 0.1) is 11.7 Å². The van der Waals surface area contributed by atoms with Crippen molar-refractivity contribution in [1.29, 1.82) is 0 Å². The Kier molecular flexibility index (Phi) is 7.20. The van der Waals surface area contributed by atoms with E-state index in [9.17, 15) is 22.4 Å². The predicted octanol–water partition coefficient (Wildman–Crippen LogP) is 4.49. The number of alkyl halides is 3. The van der Waals surface area contributed by atoms with Gasteiger partial charge in [0, 0.05) is 37.8 Å². The van der Waals surface area contributed by atoms with Crippen molar-refractivity contribution in [1.82, 2.24) is 15.3 Å². The molecule has 1 amide bonds. The molecule has 174 valence electrons. The second-order valence-corrected chi connectivity index (χ2v) is 8.39. The number of nitrogens with zero attached hydrogens (tertiary/aromatic N) is 3. The van der Waals surface area contributed by atoms with Crippen molar-refractivity contribution < 1.29 is 22.4 Å². The van der Waals surface area contributed by atoms with Gasteiger partial charge in [0.05, 0.1) is 0 Å². The highest BCUT2D eigenvalue weighted by Gasteiger charge is 2.34. The maximum Gasteiger partial charge on any atom is 0.433 e. The zero-order valence-electron chi connectivity index (χ0n) is 18.2. The van der Waals surface area contributed by atoms with Gasteiger partial charge in [-0.25, -0.2) is 9.37 Å². The topological polar surface area (TPSA) is 70.2 Å². The van der Waals surface area contributed by atoms with Crippen LogP contribution in [0.15, 0.2) is 30.3 Å². The Balaban J connectivity index is 1.67. The number of nitrogens with one attached hydrogen (secondary N) is 2. The molecule has 1 saturated carbocycles. The fraction of sp³-hybridized carbons (Fsp3) is 0.500. The highest BCUT2D eigenvalue weighted by Crippen LogP contribution is 2.31. The number of carbonyl (C=O) groups is 1. The Morgan fingerprint density at radius 2 is 1.72 bits per heavy atom. The van der Waals surface area contributed by atoms with E-state index < -0.39 is 17.7 Å². The molecule has 1 aromatic heterocycles. The second-order valence-electron chi connectivity index (χ2n) is 8.39. The normalized spacial score (nSPS) is 21.5. The molecule has 0 saturated heterocycles. The average molecular weight is 453 g/mol. The quantitative estimate of drug-likeness (QED) is 0.516. The molecule has 0 aliphatic heterocycles. The SMILES string of the molecule is CC1CC[C@H](Nc2cc(C(F)(F)F)nc(N(C)C)n2)CC[C@@H]1NC(=O)c1ccc(F)cc1. The molecule has 0 spiro atoms. The summed E-state index contributed by atoms with van der Waals surface area (Å²) in [7, 11) is 3.17. The summed E-state index contributed by atoms with van der Waals surface area (Å²) in [6.07, 6.45) is -1.75. The number of carbonyl (C=O) groups excluding carboxylic acids is 1. The summed E-state index contributed by atoms with van der Waals surface area (Å²) >= 11 is 0. The Hall–Kier alpha value is -2.91. The lowest BCUT2D eigenvalue weighted by Gasteiger charge is -2.22. The van der Waals surface area contributed by atoms with E-state index in [1.165, 1.54) is 29.2 Å². The molecule has 1 heterocycles. The number of aromatic nitrogens is 2. The zero-order valence-corrected chi connectivity index (χ0v) is 18.2. The van der Waals surface area contributed by atoms with Crippen molar-refractivity contribution in [2.45, 2.75) is 50.9 Å². The van der Waals surface area contributed by atoms with E-state index >= 15 is 0 Å². The summed E-state index contributed by atoms with van der Waals surface area (Å²) in [4.78, 5) is 21.7. The van der Waals surface area contributed by atoms with E-state index in [1.54, 1.807) is 14.1 Å². The van der Waals surface area contributed by atoms with Crippen molar-refractivity contribution in [2.24, 2.45) is 5.92 Å². The third kappa shape index (κ3) is 6.08. The van der Waals surface area contributed by atoms with Gasteiger partial charge >= 0.3 is 6.18 Å². The van der Waals surface area contributed by atoms with Crippen LogP contribution in [0.3, 0.4) is 0 Å². The summed E-state index contributed by atoms with van der Waals surface area (Å²) in [5, 5.41) is 6.14. The van der Waals surface area contributed by atoms with E-state index in [1.807, 2.05) is 6.92 Å². The molecule has 10 heteroatoms. The fourth-order valence-corrected chi connectivity index (χ4v) is 3.75. The molecule has 2 N–H and O–H groups in total. The smallest absolute Gasteiger partial charge is 0.367 e. The summed E-state index contributed by atoms with van der Waals surface area (Å²) in [6.45, 7) is 2.04. The molecule has 0 bridgehead atoms. The predicted molar refractivity (Wildman–Crippen MR) is 114 cm³/mol. The zero-order chi connectivity index (χ0) is 23.5. The van der Waals surface area contributed by atoms with E-state index in [0.717, 1.165) is 18.9 Å². The van der Waals surface area contributed by atoms with Gasteiger partial charge in [0.25, 0.3) is 5.91 Å². The maximum absolute atomic E-state index is 13.2. The lowest BCUT2D eigenvalue weighted by molar-refractivity contribution is -0.141. The summed E-state index contributed by atoms with van der Waals surface area (Å²) in [5.41, 5.74) is -0.612. The van der Waals surface area contributed by atoms with Crippen LogP contribution in [-0.4, -0.2) is 42.1 Å². The molecule has 0 radical (unpaired) electrons. The highest BCUT2D eigenvalue weighted by atomic mass is 19.4. The minimum Gasteiger partial charge on any atom is -0.367 e. The third-order valence-corrected chi connectivity index (χ3v) is 5.66. The van der Waals surface area contributed by atoms with Gasteiger partial charge in [-0.05, 0) is 55.9 Å². The fourth-order valence-electron chi connectivity index (χ4n) is 3.75. The Labute approximate surface area is 184 Å². The molecule has 6 nitrogen and oxygen atoms in total. The van der Waals surface area contributed by atoms with Crippen molar-refractivity contribution >= 4 is 17.7 Å². The van der Waals surface area contributed by atoms with Crippen LogP contribution in [0.1, 0.15) is 48.7 Å². The van der Waals surface area contributed by atoms with Crippen LogP contribution < -0.4 is 15.5 Å². The number of hydrogen-bond acceptors (Lipinski definition) is 5. The van der Waals surface area contributed by atoms with Crippen LogP contribution in [0.4, 0.5) is 29.3 Å². The number of rotatable bonds is 5. The van der Waals surface area contributed by atoms with E-state index in [2.05, 4.69) is 20.6 Å². The average Bonchev–Trinajstić information content (AvgIpc) is 2.89. The van der Waals surface area contributed by atoms with Crippen LogP contribution in [-0.2, 0) is 6.18 Å². The Bertz CT molecular complexity index is 933. The molecule has 1 fully saturated rings. The molecule has 1 aliphatic carbocycles. The van der Waals surface area contributed by atoms with Gasteiger partial charge in [0.1, 0.15) is 11.6 Å². The first kappa shape index (κ1) is 23.7. The van der Waals surface area contributed by atoms with Crippen molar-refractivity contribution in [3.05, 3.63) is 47.4 Å². The van der Waals surface area contributed by atoms with Gasteiger partial charge in [-0.15, -0.1) is 0 Å². The number of anilines is 2. The third-order valence-electron chi connectivity index (χ3n) is 5.66. The first-order valence-corrected chi connectivity index (χ1v) is 10.5. The second kappa shape index (κ2) is 9.70. The Morgan fingerprint density at radius 1 is 1.06 bits per heavy atom. The summed E-state index contributed by atoms with van der Waals surface area (Å²) in [6, 6.07) is 6.10. The van der Waals surface area contributed by atoms with Gasteiger partial charge < -0.3 is 15.5 Å². The number of benzene rings is 1. The van der Waals surface area contributed by atoms with Crippen LogP contribution >= 0.6 is 0 Å². The number of halogens is 4. The largest absolute Gasteiger partial charge is 0.433 e. The van der Waals surface area contributed by atoms with E-state index in [4.69, 9.17) is 0 Å². The monoisotopic (exact) mass is 453 g/mol. The first-order chi connectivity index (χ1) is 15.0. The summed E-state index contributed by atoms with van der Waals surface area (Å²) in [5.74, 6) is -0.389. The van der Waals surface area contributed by atoms with Gasteiger partial charge in [-0.2, -0.15) is 18.2 Å². The highest BCUT2D eigenvalue weighted by molar-refractivity contribution is 5.94. The molecule has 1 unspecified atom stereocenters. The molecule has 1 aromatic carbocycles. The maximum atomic E-state index is 13.2. The van der Waals surface area contributed by atoms with Crippen molar-refractivity contribution in [3.8, 4) is 0 Å². The molecule has 1 aliphatic rings. The van der Waals surface area contributed by atoms with E-state index in [0.29, 0.717) is 18.4 Å². The Morgan fingerprint density at radius 3 is 2.34 bits per heavy atom. The van der Waals surface area contributed by atoms with E-state index in [-0.39, 0.29) is 35.7 Å². The van der Waals surface area contributed by atoms with Gasteiger partial charge in [-0.3, -0.25) is 4.79 Å². The molecule has 32 heavy (non-hydrogen) atoms. The summed E-state index contributed by atoms with van der Waals surface area (Å²) < 4.78 is 52.8. The molecule has 3 rings (SSSR count). The molecule has 2 aromatic rings. The lowest BCUT2D eigenvalue weighted by atomic mass is 9.96. The van der Waals surface area contributed by atoms with Gasteiger partial charge in [-0.1, -0.05) is 6.92 Å². The van der Waals surface area contributed by atoms with Crippen LogP contribution in [0.25, 0.3) is 0 Å². The minimum atomic E-state index is -4.57. The van der Waals surface area contributed by atoms with Gasteiger partial charge in [0.15, 0.2) is 5.69 Å². The van der Waals surface area contributed by atoms with Crippen molar-refractivity contribution in [2.75, 3.05) is 24.3 Å². The minimum absolute atomic E-state index is 0.0197. The standard InChI is InChI=1S/C22H27F4N5O/c1-13-4-9-16(10-11-17(13)28-20(32)14-5-7-15(23)8-6-14)27-19-12-18(22(24,25)26)29-21(30-19)31(2)3/h5-8,12-13,16-17H,4,9-11H2,1-3H3,(H,28,32)(H,27,29,30)/t13?,16-,17-/m0/s1. The van der Waals surface area contributed by atoms with Crippen molar-refractivity contribution in [3.63, 3.8) is 0 Å². The first-order valence-electron chi connectivity index (χ1n) is 10.5. The van der Waals surface area contributed by atoms with Crippen LogP contribution in [0.5, 0.6) is 0 Å². The van der Waals surface area contributed by atoms with Crippen LogP contribution in [0.2, 0.25) is 0 Å². The molecular formula is C22H27F4N5O.